The predicted molar refractivity (Wildman–Crippen MR) is 75.0 cm³/mol. The Morgan fingerprint density at radius 2 is 1.72 bits per heavy atom. The molecule has 0 heterocycles. The Morgan fingerprint density at radius 3 is 2.17 bits per heavy atom. The van der Waals surface area contributed by atoms with Gasteiger partial charge in [0.1, 0.15) is 5.75 Å². The first kappa shape index (κ1) is 15.0. The maximum atomic E-state index is 10.2. The fourth-order valence-electron chi connectivity index (χ4n) is 2.27. The van der Waals surface area contributed by atoms with Gasteiger partial charge in [0.2, 0.25) is 0 Å². The second-order valence-electron chi connectivity index (χ2n) is 4.70. The number of aliphatic hydroxyl groups is 1. The average Bonchev–Trinajstić information content (AvgIpc) is 2.40. The van der Waals surface area contributed by atoms with E-state index in [-0.39, 0.29) is 0 Å². The summed E-state index contributed by atoms with van der Waals surface area (Å²) in [5.74, 6) is 0.819. The van der Waals surface area contributed by atoms with E-state index in [1.54, 1.807) is 7.11 Å². The van der Waals surface area contributed by atoms with Gasteiger partial charge in [-0.15, -0.1) is 0 Å². The topological polar surface area (TPSA) is 32.7 Å². The Labute approximate surface area is 110 Å². The van der Waals surface area contributed by atoms with E-state index in [0.717, 1.165) is 24.2 Å². The molecule has 0 spiro atoms. The molecule has 0 saturated heterocycles. The fourth-order valence-corrected chi connectivity index (χ4v) is 2.27. The van der Waals surface area contributed by atoms with E-state index in [2.05, 4.69) is 25.8 Å². The molecule has 0 saturated carbocycles. The summed E-state index contributed by atoms with van der Waals surface area (Å²) in [5.41, 5.74) is 0.939. The van der Waals surface area contributed by atoms with Crippen LogP contribution >= 0.6 is 0 Å². The molecule has 102 valence electrons. The van der Waals surface area contributed by atoms with Crippen molar-refractivity contribution in [3.63, 3.8) is 0 Å². The first-order valence-corrected chi connectivity index (χ1v) is 6.64. The van der Waals surface area contributed by atoms with Gasteiger partial charge in [-0.1, -0.05) is 26.0 Å². The molecule has 1 unspecified atom stereocenters. The highest BCUT2D eigenvalue weighted by Gasteiger charge is 2.15. The van der Waals surface area contributed by atoms with Crippen LogP contribution in [0.25, 0.3) is 0 Å². The molecule has 0 radical (unpaired) electrons. The van der Waals surface area contributed by atoms with E-state index in [1.165, 1.54) is 0 Å². The smallest absolute Gasteiger partial charge is 0.118 e. The van der Waals surface area contributed by atoms with Crippen LogP contribution in [0.4, 0.5) is 0 Å². The molecule has 0 aliphatic carbocycles. The maximum Gasteiger partial charge on any atom is 0.118 e. The van der Waals surface area contributed by atoms with Gasteiger partial charge < -0.3 is 14.7 Å². The normalized spacial score (nSPS) is 13.1. The Bertz CT molecular complexity index is 333. The highest BCUT2D eigenvalue weighted by Crippen LogP contribution is 2.19. The summed E-state index contributed by atoms with van der Waals surface area (Å²) >= 11 is 0. The SMILES string of the molecule is CCC(CC)N(C)CC(O)c1ccc(OC)cc1. The number of hydrogen-bond donors (Lipinski definition) is 1. The molecule has 0 amide bonds. The Kier molecular flexibility index (Phi) is 6.16. The molecule has 1 aromatic rings. The standard InChI is InChI=1S/C15H25NO2/c1-5-13(6-2)16(3)11-15(17)12-7-9-14(18-4)10-8-12/h7-10,13,15,17H,5-6,11H2,1-4H3. The highest BCUT2D eigenvalue weighted by molar-refractivity contribution is 5.28. The summed E-state index contributed by atoms with van der Waals surface area (Å²) in [6.45, 7) is 5.04. The maximum absolute atomic E-state index is 10.2. The predicted octanol–water partition coefficient (Wildman–Crippen LogP) is 2.85. The molecular formula is C15H25NO2. The van der Waals surface area contributed by atoms with Crippen LogP contribution in [0.1, 0.15) is 38.4 Å². The lowest BCUT2D eigenvalue weighted by Crippen LogP contribution is -2.34. The largest absolute Gasteiger partial charge is 0.497 e. The summed E-state index contributed by atoms with van der Waals surface area (Å²) in [6, 6.07) is 8.15. The van der Waals surface area contributed by atoms with Crippen LogP contribution in [0.2, 0.25) is 0 Å². The van der Waals surface area contributed by atoms with E-state index in [4.69, 9.17) is 4.74 Å². The Morgan fingerprint density at radius 1 is 1.17 bits per heavy atom. The zero-order valence-electron chi connectivity index (χ0n) is 11.9. The Hall–Kier alpha value is -1.06. The fraction of sp³-hybridized carbons (Fsp3) is 0.600. The van der Waals surface area contributed by atoms with Crippen molar-refractivity contribution >= 4 is 0 Å². The van der Waals surface area contributed by atoms with E-state index >= 15 is 0 Å². The van der Waals surface area contributed by atoms with Crippen LogP contribution in [0.3, 0.4) is 0 Å². The lowest BCUT2D eigenvalue weighted by molar-refractivity contribution is 0.101. The molecule has 0 aromatic heterocycles. The number of aliphatic hydroxyl groups excluding tert-OH is 1. The van der Waals surface area contributed by atoms with Crippen LogP contribution in [0.15, 0.2) is 24.3 Å². The van der Waals surface area contributed by atoms with Crippen molar-refractivity contribution in [1.82, 2.24) is 4.90 Å². The molecule has 0 aliphatic heterocycles. The molecular weight excluding hydrogens is 226 g/mol. The molecule has 18 heavy (non-hydrogen) atoms. The van der Waals surface area contributed by atoms with Crippen molar-refractivity contribution < 1.29 is 9.84 Å². The third-order valence-corrected chi connectivity index (χ3v) is 3.53. The van der Waals surface area contributed by atoms with Crippen LogP contribution in [0.5, 0.6) is 5.75 Å². The quantitative estimate of drug-likeness (QED) is 0.809. The monoisotopic (exact) mass is 251 g/mol. The van der Waals surface area contributed by atoms with Crippen molar-refractivity contribution in [2.75, 3.05) is 20.7 Å². The molecule has 1 N–H and O–H groups in total. The van der Waals surface area contributed by atoms with E-state index in [0.29, 0.717) is 12.6 Å². The molecule has 0 aliphatic rings. The van der Waals surface area contributed by atoms with E-state index in [1.807, 2.05) is 24.3 Å². The highest BCUT2D eigenvalue weighted by atomic mass is 16.5. The number of rotatable bonds is 7. The molecule has 0 fully saturated rings. The van der Waals surface area contributed by atoms with Gasteiger partial charge in [0.25, 0.3) is 0 Å². The van der Waals surface area contributed by atoms with Crippen LogP contribution < -0.4 is 4.74 Å². The summed E-state index contributed by atoms with van der Waals surface area (Å²) in [6.07, 6.45) is 1.78. The summed E-state index contributed by atoms with van der Waals surface area (Å²) < 4.78 is 5.11. The number of benzene rings is 1. The van der Waals surface area contributed by atoms with Crippen LogP contribution in [-0.2, 0) is 0 Å². The first-order chi connectivity index (χ1) is 8.62. The van der Waals surface area contributed by atoms with Crippen LogP contribution in [-0.4, -0.2) is 36.8 Å². The van der Waals surface area contributed by atoms with Crippen LogP contribution in [0, 0.1) is 0 Å². The van der Waals surface area contributed by atoms with Gasteiger partial charge in [-0.2, -0.15) is 0 Å². The van der Waals surface area contributed by atoms with Gasteiger partial charge in [-0.25, -0.2) is 0 Å². The summed E-state index contributed by atoms with van der Waals surface area (Å²) in [5, 5.41) is 10.2. The van der Waals surface area contributed by atoms with Crippen molar-refractivity contribution in [1.29, 1.82) is 0 Å². The van der Waals surface area contributed by atoms with E-state index in [9.17, 15) is 5.11 Å². The minimum atomic E-state index is -0.443. The van der Waals surface area contributed by atoms with Crippen molar-refractivity contribution in [2.24, 2.45) is 0 Å². The van der Waals surface area contributed by atoms with Crippen molar-refractivity contribution in [2.45, 2.75) is 38.8 Å². The minimum Gasteiger partial charge on any atom is -0.497 e. The van der Waals surface area contributed by atoms with Gasteiger partial charge in [-0.05, 0) is 37.6 Å². The molecule has 1 aromatic carbocycles. The second kappa shape index (κ2) is 7.39. The first-order valence-electron chi connectivity index (χ1n) is 6.64. The van der Waals surface area contributed by atoms with Crippen molar-refractivity contribution in [3.8, 4) is 5.75 Å². The lowest BCUT2D eigenvalue weighted by Gasteiger charge is -2.28. The minimum absolute atomic E-state index is 0.443. The number of hydrogen-bond acceptors (Lipinski definition) is 3. The number of methoxy groups -OCH3 is 1. The number of nitrogens with zero attached hydrogens (tertiary/aromatic N) is 1. The Balaban J connectivity index is 2.60. The van der Waals surface area contributed by atoms with Gasteiger partial charge in [0.15, 0.2) is 0 Å². The zero-order valence-corrected chi connectivity index (χ0v) is 11.9. The molecule has 0 bridgehead atoms. The van der Waals surface area contributed by atoms with E-state index < -0.39 is 6.10 Å². The van der Waals surface area contributed by atoms with Crippen molar-refractivity contribution in [3.05, 3.63) is 29.8 Å². The number of likely N-dealkylation sites (N-methyl/N-ethyl adjacent to an activating group) is 1. The zero-order chi connectivity index (χ0) is 13.5. The van der Waals surface area contributed by atoms with Gasteiger partial charge in [0.05, 0.1) is 13.2 Å². The molecule has 1 rings (SSSR count). The average molecular weight is 251 g/mol. The second-order valence-corrected chi connectivity index (χ2v) is 4.70. The van der Waals surface area contributed by atoms with Gasteiger partial charge in [-0.3, -0.25) is 0 Å². The number of ether oxygens (including phenoxy) is 1. The molecule has 3 nitrogen and oxygen atoms in total. The molecule has 1 atom stereocenters. The van der Waals surface area contributed by atoms with Gasteiger partial charge >= 0.3 is 0 Å². The molecule has 3 heteroatoms. The summed E-state index contributed by atoms with van der Waals surface area (Å²) in [7, 11) is 3.72. The summed E-state index contributed by atoms with van der Waals surface area (Å²) in [4.78, 5) is 2.23. The lowest BCUT2D eigenvalue weighted by atomic mass is 10.1. The van der Waals surface area contributed by atoms with Gasteiger partial charge in [0, 0.05) is 12.6 Å². The third-order valence-electron chi connectivity index (χ3n) is 3.53. The third kappa shape index (κ3) is 4.00.